The molecule has 1 N–H and O–H groups in total. The smallest absolute Gasteiger partial charge is 0.128 e. The topological polar surface area (TPSA) is 12.0 Å². The number of hydrogen-bond acceptors (Lipinski definition) is 1. The van der Waals surface area contributed by atoms with E-state index in [-0.39, 0.29) is 6.54 Å². The second-order valence-corrected chi connectivity index (χ2v) is 4.03. The third kappa shape index (κ3) is 3.17. The van der Waals surface area contributed by atoms with Gasteiger partial charge in [0.2, 0.25) is 0 Å². The van der Waals surface area contributed by atoms with E-state index in [1.165, 1.54) is 6.07 Å². The summed E-state index contributed by atoms with van der Waals surface area (Å²) < 4.78 is 26.2. The molecule has 2 aromatic rings. The molecule has 0 aliphatic carbocycles. The lowest BCUT2D eigenvalue weighted by molar-refractivity contribution is 0.587. The predicted molar refractivity (Wildman–Crippen MR) is 65.1 cm³/mol. The molecule has 0 atom stereocenters. The van der Waals surface area contributed by atoms with Crippen LogP contribution in [0, 0.1) is 11.6 Å². The molecule has 17 heavy (non-hydrogen) atoms. The van der Waals surface area contributed by atoms with Crippen LogP contribution >= 0.6 is 11.6 Å². The molecule has 0 aromatic heterocycles. The molecule has 0 heterocycles. The van der Waals surface area contributed by atoms with Crippen molar-refractivity contribution in [2.24, 2.45) is 0 Å². The van der Waals surface area contributed by atoms with Crippen molar-refractivity contribution in [2.75, 3.05) is 5.32 Å². The van der Waals surface area contributed by atoms with Crippen molar-refractivity contribution in [3.8, 4) is 0 Å². The maximum atomic E-state index is 13.3. The summed E-state index contributed by atoms with van der Waals surface area (Å²) in [5.74, 6) is -0.868. The normalized spacial score (nSPS) is 10.3. The van der Waals surface area contributed by atoms with Gasteiger partial charge in [0, 0.05) is 22.8 Å². The third-order valence-corrected chi connectivity index (χ3v) is 2.59. The zero-order chi connectivity index (χ0) is 12.3. The number of rotatable bonds is 3. The molecule has 4 heteroatoms. The van der Waals surface area contributed by atoms with Gasteiger partial charge in [0.1, 0.15) is 11.6 Å². The summed E-state index contributed by atoms with van der Waals surface area (Å²) >= 11 is 5.74. The number of hydrogen-bond donors (Lipinski definition) is 1. The first kappa shape index (κ1) is 11.9. The second kappa shape index (κ2) is 5.15. The summed E-state index contributed by atoms with van der Waals surface area (Å²) in [5, 5.41) is 3.62. The molecule has 1 nitrogen and oxygen atoms in total. The highest BCUT2D eigenvalue weighted by Crippen LogP contribution is 2.16. The average Bonchev–Trinajstić information content (AvgIpc) is 2.32. The van der Waals surface area contributed by atoms with Crippen molar-refractivity contribution in [1.82, 2.24) is 0 Å². The van der Waals surface area contributed by atoms with Gasteiger partial charge in [0.15, 0.2) is 0 Å². The fourth-order valence-electron chi connectivity index (χ4n) is 1.44. The summed E-state index contributed by atoms with van der Waals surface area (Å²) in [6, 6.07) is 10.4. The Bertz CT molecular complexity index is 511. The zero-order valence-corrected chi connectivity index (χ0v) is 9.64. The van der Waals surface area contributed by atoms with Gasteiger partial charge in [-0.2, -0.15) is 0 Å². The standard InChI is InChI=1S/C13H10ClF2N/c14-10-1-4-12(5-2-10)17-8-9-7-11(15)3-6-13(9)16/h1-7,17H,8H2. The lowest BCUT2D eigenvalue weighted by Crippen LogP contribution is -2.02. The third-order valence-electron chi connectivity index (χ3n) is 2.33. The van der Waals surface area contributed by atoms with Gasteiger partial charge in [-0.3, -0.25) is 0 Å². The number of nitrogens with one attached hydrogen (secondary N) is 1. The Hall–Kier alpha value is -1.61. The van der Waals surface area contributed by atoms with Gasteiger partial charge in [0.05, 0.1) is 0 Å². The molecule has 0 bridgehead atoms. The van der Waals surface area contributed by atoms with Gasteiger partial charge in [0.25, 0.3) is 0 Å². The van der Waals surface area contributed by atoms with Crippen LogP contribution in [0.25, 0.3) is 0 Å². The lowest BCUT2D eigenvalue weighted by Gasteiger charge is -2.07. The van der Waals surface area contributed by atoms with E-state index in [9.17, 15) is 8.78 Å². The zero-order valence-electron chi connectivity index (χ0n) is 8.88. The highest BCUT2D eigenvalue weighted by atomic mass is 35.5. The van der Waals surface area contributed by atoms with Crippen LogP contribution in [0.2, 0.25) is 5.02 Å². The fraction of sp³-hybridized carbons (Fsp3) is 0.0769. The van der Waals surface area contributed by atoms with Crippen molar-refractivity contribution in [1.29, 1.82) is 0 Å². The summed E-state index contributed by atoms with van der Waals surface area (Å²) in [7, 11) is 0. The minimum absolute atomic E-state index is 0.227. The molecular weight excluding hydrogens is 244 g/mol. The molecule has 0 saturated heterocycles. The first-order valence-corrected chi connectivity index (χ1v) is 5.46. The van der Waals surface area contributed by atoms with Crippen LogP contribution in [0.3, 0.4) is 0 Å². The van der Waals surface area contributed by atoms with Gasteiger partial charge in [-0.05, 0) is 42.5 Å². The SMILES string of the molecule is Fc1ccc(F)c(CNc2ccc(Cl)cc2)c1. The molecule has 0 unspecified atom stereocenters. The van der Waals surface area contributed by atoms with Crippen molar-refractivity contribution < 1.29 is 8.78 Å². The van der Waals surface area contributed by atoms with Crippen molar-refractivity contribution in [3.05, 3.63) is 64.7 Å². The highest BCUT2D eigenvalue weighted by molar-refractivity contribution is 6.30. The van der Waals surface area contributed by atoms with E-state index < -0.39 is 11.6 Å². The minimum atomic E-state index is -0.445. The first-order valence-electron chi connectivity index (χ1n) is 5.08. The van der Waals surface area contributed by atoms with E-state index in [0.29, 0.717) is 10.6 Å². The molecule has 0 radical (unpaired) electrons. The maximum absolute atomic E-state index is 13.3. The number of benzene rings is 2. The van der Waals surface area contributed by atoms with Gasteiger partial charge in [-0.25, -0.2) is 8.78 Å². The van der Waals surface area contributed by atoms with Gasteiger partial charge >= 0.3 is 0 Å². The van der Waals surface area contributed by atoms with Crippen LogP contribution in [0.1, 0.15) is 5.56 Å². The largest absolute Gasteiger partial charge is 0.381 e. The Morgan fingerprint density at radius 3 is 2.41 bits per heavy atom. The van der Waals surface area contributed by atoms with E-state index in [1.807, 2.05) is 0 Å². The summed E-state index contributed by atoms with van der Waals surface area (Å²) in [4.78, 5) is 0. The Morgan fingerprint density at radius 2 is 1.71 bits per heavy atom. The molecule has 88 valence electrons. The van der Waals surface area contributed by atoms with Gasteiger partial charge < -0.3 is 5.32 Å². The molecule has 2 aromatic carbocycles. The quantitative estimate of drug-likeness (QED) is 0.863. The van der Waals surface area contributed by atoms with Crippen LogP contribution in [0.15, 0.2) is 42.5 Å². The van der Waals surface area contributed by atoms with Crippen LogP contribution in [-0.4, -0.2) is 0 Å². The van der Waals surface area contributed by atoms with Crippen molar-refractivity contribution in [3.63, 3.8) is 0 Å². The highest BCUT2D eigenvalue weighted by Gasteiger charge is 2.03. The Kier molecular flexibility index (Phi) is 3.59. The van der Waals surface area contributed by atoms with Crippen molar-refractivity contribution in [2.45, 2.75) is 6.54 Å². The minimum Gasteiger partial charge on any atom is -0.381 e. The van der Waals surface area contributed by atoms with Crippen LogP contribution in [0.4, 0.5) is 14.5 Å². The Morgan fingerprint density at radius 1 is 1.00 bits per heavy atom. The second-order valence-electron chi connectivity index (χ2n) is 3.60. The summed E-state index contributed by atoms with van der Waals surface area (Å²) in [5.41, 5.74) is 1.10. The summed E-state index contributed by atoms with van der Waals surface area (Å²) in [6.07, 6.45) is 0. The first-order chi connectivity index (χ1) is 8.15. The van der Waals surface area contributed by atoms with Gasteiger partial charge in [-0.1, -0.05) is 11.6 Å². The molecule has 0 aliphatic rings. The number of halogens is 3. The van der Waals surface area contributed by atoms with Gasteiger partial charge in [-0.15, -0.1) is 0 Å². The van der Waals surface area contributed by atoms with E-state index in [2.05, 4.69) is 5.32 Å². The van der Waals surface area contributed by atoms with E-state index in [0.717, 1.165) is 17.8 Å². The Balaban J connectivity index is 2.07. The predicted octanol–water partition coefficient (Wildman–Crippen LogP) is 4.23. The van der Waals surface area contributed by atoms with Crippen molar-refractivity contribution >= 4 is 17.3 Å². The van der Waals surface area contributed by atoms with Crippen LogP contribution < -0.4 is 5.32 Å². The molecule has 0 saturated carbocycles. The number of anilines is 1. The summed E-state index contributed by atoms with van der Waals surface area (Å²) in [6.45, 7) is 0.227. The molecule has 2 rings (SSSR count). The Labute approximate surface area is 103 Å². The maximum Gasteiger partial charge on any atom is 0.128 e. The molecule has 0 fully saturated rings. The lowest BCUT2D eigenvalue weighted by atomic mass is 10.2. The molecular formula is C13H10ClF2N. The van der Waals surface area contributed by atoms with E-state index >= 15 is 0 Å². The molecule has 0 aliphatic heterocycles. The fourth-order valence-corrected chi connectivity index (χ4v) is 1.57. The average molecular weight is 254 g/mol. The van der Waals surface area contributed by atoms with E-state index in [4.69, 9.17) is 11.6 Å². The molecule has 0 spiro atoms. The van der Waals surface area contributed by atoms with Crippen LogP contribution in [0.5, 0.6) is 0 Å². The monoisotopic (exact) mass is 253 g/mol. The molecule has 0 amide bonds. The van der Waals surface area contributed by atoms with E-state index in [1.54, 1.807) is 24.3 Å². The van der Waals surface area contributed by atoms with Crippen LogP contribution in [-0.2, 0) is 6.54 Å².